The van der Waals surface area contributed by atoms with Crippen molar-refractivity contribution < 1.29 is 9.59 Å². The van der Waals surface area contributed by atoms with E-state index in [0.29, 0.717) is 12.3 Å². The van der Waals surface area contributed by atoms with Gasteiger partial charge in [0, 0.05) is 13.0 Å². The van der Waals surface area contributed by atoms with E-state index in [9.17, 15) is 9.59 Å². The van der Waals surface area contributed by atoms with E-state index in [1.54, 1.807) is 11.8 Å². The maximum Gasteiger partial charge on any atom is 0.223 e. The van der Waals surface area contributed by atoms with Gasteiger partial charge in [0.05, 0.1) is 6.04 Å². The summed E-state index contributed by atoms with van der Waals surface area (Å²) in [7, 11) is 0. The molecule has 0 radical (unpaired) electrons. The highest BCUT2D eigenvalue weighted by Gasteiger charge is 2.34. The number of hydrogen-bond donors (Lipinski definition) is 0. The van der Waals surface area contributed by atoms with Crippen LogP contribution in [0.15, 0.2) is 0 Å². The number of carbonyl (C=O) groups is 2. The lowest BCUT2D eigenvalue weighted by atomic mass is 10.0. The number of Topliss-reactive ketones (excluding diaryl/α,β-unsaturated/α-hetero) is 1. The molecule has 1 aliphatic rings. The van der Waals surface area contributed by atoms with Gasteiger partial charge in [-0.1, -0.05) is 20.3 Å². The Hall–Kier alpha value is -0.860. The first kappa shape index (κ1) is 12.2. The average molecular weight is 211 g/mol. The second-order valence-corrected chi connectivity index (χ2v) is 4.44. The molecular weight excluding hydrogens is 190 g/mol. The first-order chi connectivity index (χ1) is 7.10. The summed E-state index contributed by atoms with van der Waals surface area (Å²) in [6, 6.07) is -0.181. The molecule has 86 valence electrons. The molecule has 1 amide bonds. The molecule has 15 heavy (non-hydrogen) atoms. The van der Waals surface area contributed by atoms with Crippen molar-refractivity contribution in [2.45, 2.75) is 52.5 Å². The average Bonchev–Trinajstić information content (AvgIpc) is 2.49. The maximum atomic E-state index is 11.7. The predicted octanol–water partition coefficient (Wildman–Crippen LogP) is 2.00. The van der Waals surface area contributed by atoms with Crippen LogP contribution >= 0.6 is 0 Å². The van der Waals surface area contributed by atoms with Crippen molar-refractivity contribution in [3.63, 3.8) is 0 Å². The van der Waals surface area contributed by atoms with Gasteiger partial charge in [-0.25, -0.2) is 0 Å². The summed E-state index contributed by atoms with van der Waals surface area (Å²) in [6.07, 6.45) is 3.58. The number of rotatable bonds is 5. The molecule has 3 heteroatoms. The van der Waals surface area contributed by atoms with Crippen molar-refractivity contribution in [2.24, 2.45) is 5.92 Å². The highest BCUT2D eigenvalue weighted by atomic mass is 16.2. The lowest BCUT2D eigenvalue weighted by molar-refractivity contribution is -0.135. The van der Waals surface area contributed by atoms with Crippen LogP contribution in [-0.4, -0.2) is 29.2 Å². The van der Waals surface area contributed by atoms with Crippen LogP contribution in [0.4, 0.5) is 0 Å². The summed E-state index contributed by atoms with van der Waals surface area (Å²) >= 11 is 0. The number of nitrogens with zero attached hydrogens (tertiary/aromatic N) is 1. The van der Waals surface area contributed by atoms with Crippen LogP contribution < -0.4 is 0 Å². The Morgan fingerprint density at radius 2 is 2.20 bits per heavy atom. The van der Waals surface area contributed by atoms with Crippen molar-refractivity contribution in [1.82, 2.24) is 4.90 Å². The Morgan fingerprint density at radius 3 is 2.67 bits per heavy atom. The third-order valence-corrected chi connectivity index (χ3v) is 3.17. The Labute approximate surface area is 91.8 Å². The smallest absolute Gasteiger partial charge is 0.223 e. The van der Waals surface area contributed by atoms with Crippen molar-refractivity contribution in [1.29, 1.82) is 0 Å². The number of amides is 1. The fourth-order valence-electron chi connectivity index (χ4n) is 2.44. The molecule has 0 bridgehead atoms. The Balaban J connectivity index is 2.63. The monoisotopic (exact) mass is 211 g/mol. The van der Waals surface area contributed by atoms with E-state index in [0.717, 1.165) is 25.8 Å². The van der Waals surface area contributed by atoms with E-state index in [2.05, 4.69) is 6.92 Å². The van der Waals surface area contributed by atoms with E-state index in [1.807, 2.05) is 6.92 Å². The normalized spacial score (nSPS) is 23.3. The van der Waals surface area contributed by atoms with Gasteiger partial charge in [-0.2, -0.15) is 0 Å². The van der Waals surface area contributed by atoms with E-state index in [4.69, 9.17) is 0 Å². The van der Waals surface area contributed by atoms with Gasteiger partial charge < -0.3 is 4.90 Å². The molecule has 0 saturated carbocycles. The molecule has 1 rings (SSSR count). The predicted molar refractivity (Wildman–Crippen MR) is 59.5 cm³/mol. The Morgan fingerprint density at radius 1 is 1.53 bits per heavy atom. The van der Waals surface area contributed by atoms with Crippen molar-refractivity contribution in [2.75, 3.05) is 6.54 Å². The second kappa shape index (κ2) is 5.29. The van der Waals surface area contributed by atoms with Crippen LogP contribution in [0.3, 0.4) is 0 Å². The molecule has 1 fully saturated rings. The highest BCUT2D eigenvalue weighted by Crippen LogP contribution is 2.25. The zero-order valence-electron chi connectivity index (χ0n) is 9.95. The molecule has 1 saturated heterocycles. The molecule has 1 unspecified atom stereocenters. The van der Waals surface area contributed by atoms with Crippen molar-refractivity contribution >= 4 is 11.7 Å². The van der Waals surface area contributed by atoms with Gasteiger partial charge in [0.25, 0.3) is 0 Å². The summed E-state index contributed by atoms with van der Waals surface area (Å²) in [4.78, 5) is 24.9. The number of carbonyl (C=O) groups excluding carboxylic acids is 2. The maximum absolute atomic E-state index is 11.7. The third-order valence-electron chi connectivity index (χ3n) is 3.17. The molecule has 0 aromatic heterocycles. The van der Waals surface area contributed by atoms with Crippen LogP contribution in [0.25, 0.3) is 0 Å². The Bertz CT molecular complexity index is 250. The molecule has 0 aliphatic carbocycles. The molecular formula is C12H21NO2. The van der Waals surface area contributed by atoms with Gasteiger partial charge in [0.2, 0.25) is 5.91 Å². The SMILES string of the molecule is CCC[C@@H]1CC(=O)N(C(CC)C(C)=O)C1. The molecule has 1 aliphatic heterocycles. The van der Waals surface area contributed by atoms with E-state index in [-0.39, 0.29) is 17.7 Å². The van der Waals surface area contributed by atoms with Crippen molar-refractivity contribution in [3.05, 3.63) is 0 Å². The number of likely N-dealkylation sites (tertiary alicyclic amines) is 1. The third kappa shape index (κ3) is 2.80. The van der Waals surface area contributed by atoms with Gasteiger partial charge in [0.1, 0.15) is 0 Å². The number of ketones is 1. The molecule has 3 nitrogen and oxygen atoms in total. The van der Waals surface area contributed by atoms with Crippen LogP contribution in [0.5, 0.6) is 0 Å². The van der Waals surface area contributed by atoms with Gasteiger partial charge in [-0.3, -0.25) is 9.59 Å². The summed E-state index contributed by atoms with van der Waals surface area (Å²) < 4.78 is 0. The van der Waals surface area contributed by atoms with E-state index >= 15 is 0 Å². The van der Waals surface area contributed by atoms with Crippen molar-refractivity contribution in [3.8, 4) is 0 Å². The zero-order valence-corrected chi connectivity index (χ0v) is 9.95. The van der Waals surface area contributed by atoms with E-state index in [1.165, 1.54) is 0 Å². The molecule has 1 heterocycles. The fourth-order valence-corrected chi connectivity index (χ4v) is 2.44. The van der Waals surface area contributed by atoms with Crippen LogP contribution in [-0.2, 0) is 9.59 Å². The first-order valence-corrected chi connectivity index (χ1v) is 5.90. The fraction of sp³-hybridized carbons (Fsp3) is 0.833. The van der Waals surface area contributed by atoms with E-state index < -0.39 is 0 Å². The highest BCUT2D eigenvalue weighted by molar-refractivity contribution is 5.88. The van der Waals surface area contributed by atoms with Crippen LogP contribution in [0, 0.1) is 5.92 Å². The summed E-state index contributed by atoms with van der Waals surface area (Å²) in [5, 5.41) is 0. The van der Waals surface area contributed by atoms with Crippen LogP contribution in [0.2, 0.25) is 0 Å². The van der Waals surface area contributed by atoms with Gasteiger partial charge in [-0.15, -0.1) is 0 Å². The quantitative estimate of drug-likeness (QED) is 0.697. The van der Waals surface area contributed by atoms with Crippen LogP contribution in [0.1, 0.15) is 46.5 Å². The first-order valence-electron chi connectivity index (χ1n) is 5.90. The molecule has 0 N–H and O–H groups in total. The molecule has 0 aromatic rings. The molecule has 0 spiro atoms. The lowest BCUT2D eigenvalue weighted by Gasteiger charge is -2.24. The lowest BCUT2D eigenvalue weighted by Crippen LogP contribution is -2.40. The minimum absolute atomic E-state index is 0.114. The van der Waals surface area contributed by atoms with Gasteiger partial charge >= 0.3 is 0 Å². The summed E-state index contributed by atoms with van der Waals surface area (Å²) in [6.45, 7) is 6.46. The summed E-state index contributed by atoms with van der Waals surface area (Å²) in [5.74, 6) is 0.745. The second-order valence-electron chi connectivity index (χ2n) is 4.44. The minimum Gasteiger partial charge on any atom is -0.332 e. The Kier molecular flexibility index (Phi) is 4.30. The topological polar surface area (TPSA) is 37.4 Å². The summed E-state index contributed by atoms with van der Waals surface area (Å²) in [5.41, 5.74) is 0. The molecule has 2 atom stereocenters. The largest absolute Gasteiger partial charge is 0.332 e. The minimum atomic E-state index is -0.181. The van der Waals surface area contributed by atoms with Gasteiger partial charge in [-0.05, 0) is 25.7 Å². The number of hydrogen-bond acceptors (Lipinski definition) is 2. The van der Waals surface area contributed by atoms with Gasteiger partial charge in [0.15, 0.2) is 5.78 Å². The molecule has 0 aromatic carbocycles. The zero-order chi connectivity index (χ0) is 11.4. The standard InChI is InChI=1S/C12H21NO2/c1-4-6-10-7-12(15)13(8-10)11(5-2)9(3)14/h10-11H,4-8H2,1-3H3/t10-,11?/m1/s1.